The molecule has 0 aliphatic carbocycles. The van der Waals surface area contributed by atoms with Crippen molar-refractivity contribution in [1.82, 2.24) is 9.88 Å². The standard InChI is InChI=1S/C23H25N3O3S2/c27-31(28,25-23-24-11-14-30-23)19-8-9-20-21(10-13-29-22(20)15-19)26-12-4-7-18(16-26)17-5-2-1-3-6-17/h1-3,5-6,8-9,11,14-15,18,21H,4,7,10,12-13,16H2,(H,24,25)/t18?,21-/m1/s1. The van der Waals surface area contributed by atoms with Crippen LogP contribution in [0, 0.1) is 0 Å². The van der Waals surface area contributed by atoms with Gasteiger partial charge in [0.2, 0.25) is 0 Å². The number of aromatic nitrogens is 1. The number of rotatable bonds is 5. The van der Waals surface area contributed by atoms with E-state index in [0.717, 1.165) is 31.5 Å². The molecule has 5 rings (SSSR count). The molecule has 2 aliphatic rings. The van der Waals surface area contributed by atoms with Gasteiger partial charge in [-0.2, -0.15) is 0 Å². The maximum atomic E-state index is 12.8. The van der Waals surface area contributed by atoms with Crippen LogP contribution in [-0.4, -0.2) is 38.0 Å². The maximum absolute atomic E-state index is 12.8. The molecule has 0 spiro atoms. The van der Waals surface area contributed by atoms with Gasteiger partial charge in [-0.3, -0.25) is 9.62 Å². The van der Waals surface area contributed by atoms with E-state index in [1.807, 2.05) is 6.07 Å². The molecule has 2 aliphatic heterocycles. The minimum Gasteiger partial charge on any atom is -0.493 e. The Morgan fingerprint density at radius 2 is 2.00 bits per heavy atom. The van der Waals surface area contributed by atoms with Crippen molar-refractivity contribution in [3.63, 3.8) is 0 Å². The Bertz CT molecular complexity index is 1130. The van der Waals surface area contributed by atoms with E-state index in [9.17, 15) is 8.42 Å². The molecule has 162 valence electrons. The zero-order chi connectivity index (χ0) is 21.3. The van der Waals surface area contributed by atoms with Gasteiger partial charge >= 0.3 is 0 Å². The molecule has 6 nitrogen and oxygen atoms in total. The number of sulfonamides is 1. The number of piperidine rings is 1. The van der Waals surface area contributed by atoms with Crippen molar-refractivity contribution in [2.75, 3.05) is 24.4 Å². The SMILES string of the molecule is O=S(=O)(Nc1nccs1)c1ccc2c(c1)OCC[C@H]2N1CCCC(c2ccccc2)C1. The molecule has 1 saturated heterocycles. The Labute approximate surface area is 186 Å². The summed E-state index contributed by atoms with van der Waals surface area (Å²) < 4.78 is 33.9. The highest BCUT2D eigenvalue weighted by atomic mass is 32.2. The molecular formula is C23H25N3O3S2. The molecule has 8 heteroatoms. The van der Waals surface area contributed by atoms with Gasteiger partial charge in [0.15, 0.2) is 5.13 Å². The summed E-state index contributed by atoms with van der Waals surface area (Å²) >= 11 is 1.25. The van der Waals surface area contributed by atoms with Gasteiger partial charge in [-0.05, 0) is 36.9 Å². The predicted octanol–water partition coefficient (Wildman–Crippen LogP) is 4.65. The van der Waals surface area contributed by atoms with Crippen molar-refractivity contribution in [2.24, 2.45) is 0 Å². The van der Waals surface area contributed by atoms with Gasteiger partial charge < -0.3 is 4.74 Å². The highest BCUT2D eigenvalue weighted by Crippen LogP contribution is 2.40. The van der Waals surface area contributed by atoms with Crippen LogP contribution < -0.4 is 9.46 Å². The van der Waals surface area contributed by atoms with Crippen molar-refractivity contribution in [3.8, 4) is 5.75 Å². The average Bonchev–Trinajstić information content (AvgIpc) is 3.31. The molecule has 1 fully saturated rings. The van der Waals surface area contributed by atoms with E-state index in [4.69, 9.17) is 4.74 Å². The van der Waals surface area contributed by atoms with Crippen LogP contribution in [0.1, 0.15) is 42.3 Å². The first-order valence-corrected chi connectivity index (χ1v) is 12.9. The lowest BCUT2D eigenvalue weighted by molar-refractivity contribution is 0.109. The van der Waals surface area contributed by atoms with E-state index in [-0.39, 0.29) is 10.9 Å². The molecule has 3 heterocycles. The summed E-state index contributed by atoms with van der Waals surface area (Å²) in [6.45, 7) is 2.66. The van der Waals surface area contributed by atoms with Gasteiger partial charge in [-0.15, -0.1) is 11.3 Å². The number of likely N-dealkylation sites (tertiary alicyclic amines) is 1. The Kier molecular flexibility index (Phi) is 5.69. The number of hydrogen-bond acceptors (Lipinski definition) is 6. The number of benzene rings is 2. The third-order valence-electron chi connectivity index (χ3n) is 6.12. The van der Waals surface area contributed by atoms with Crippen molar-refractivity contribution < 1.29 is 13.2 Å². The Morgan fingerprint density at radius 1 is 1.13 bits per heavy atom. The normalized spacial score (nSPS) is 21.8. The third kappa shape index (κ3) is 4.33. The molecule has 1 unspecified atom stereocenters. The first-order valence-electron chi connectivity index (χ1n) is 10.6. The number of nitrogens with one attached hydrogen (secondary N) is 1. The molecule has 31 heavy (non-hydrogen) atoms. The first kappa shape index (κ1) is 20.5. The quantitative estimate of drug-likeness (QED) is 0.607. The van der Waals surface area contributed by atoms with E-state index in [1.54, 1.807) is 23.7 Å². The van der Waals surface area contributed by atoms with Gasteiger partial charge in [0.1, 0.15) is 5.75 Å². The fraction of sp³-hybridized carbons (Fsp3) is 0.348. The molecule has 1 N–H and O–H groups in total. The fourth-order valence-electron chi connectivity index (χ4n) is 4.63. The smallest absolute Gasteiger partial charge is 0.263 e. The summed E-state index contributed by atoms with van der Waals surface area (Å²) in [6.07, 6.45) is 4.86. The van der Waals surface area contributed by atoms with Crippen molar-refractivity contribution in [3.05, 3.63) is 71.2 Å². The highest BCUT2D eigenvalue weighted by molar-refractivity contribution is 7.93. The summed E-state index contributed by atoms with van der Waals surface area (Å²) in [5.41, 5.74) is 2.47. The molecule has 3 aromatic rings. The van der Waals surface area contributed by atoms with E-state index in [2.05, 4.69) is 44.9 Å². The lowest BCUT2D eigenvalue weighted by Gasteiger charge is -2.41. The molecule has 2 atom stereocenters. The van der Waals surface area contributed by atoms with Crippen LogP contribution in [-0.2, 0) is 10.0 Å². The van der Waals surface area contributed by atoms with Gasteiger partial charge in [-0.1, -0.05) is 36.4 Å². The Morgan fingerprint density at radius 3 is 2.81 bits per heavy atom. The monoisotopic (exact) mass is 455 g/mol. The fourth-order valence-corrected chi connectivity index (χ4v) is 6.44. The van der Waals surface area contributed by atoms with Crippen LogP contribution in [0.15, 0.2) is 65.0 Å². The number of anilines is 1. The summed E-state index contributed by atoms with van der Waals surface area (Å²) in [4.78, 5) is 6.75. The second kappa shape index (κ2) is 8.61. The summed E-state index contributed by atoms with van der Waals surface area (Å²) in [5.74, 6) is 1.20. The van der Waals surface area contributed by atoms with Crippen molar-refractivity contribution in [2.45, 2.75) is 36.1 Å². The average molecular weight is 456 g/mol. The van der Waals surface area contributed by atoms with Gasteiger partial charge in [0.25, 0.3) is 10.0 Å². The first-order chi connectivity index (χ1) is 15.1. The molecule has 0 bridgehead atoms. The summed E-state index contributed by atoms with van der Waals surface area (Å²) in [5, 5.41) is 2.09. The number of hydrogen-bond donors (Lipinski definition) is 1. The minimum absolute atomic E-state index is 0.197. The highest BCUT2D eigenvalue weighted by Gasteiger charge is 2.32. The minimum atomic E-state index is -3.70. The lowest BCUT2D eigenvalue weighted by atomic mass is 9.88. The van der Waals surface area contributed by atoms with Crippen LogP contribution in [0.3, 0.4) is 0 Å². The Balaban J connectivity index is 1.38. The predicted molar refractivity (Wildman–Crippen MR) is 122 cm³/mol. The number of thiazole rings is 1. The zero-order valence-electron chi connectivity index (χ0n) is 17.1. The molecule has 0 amide bonds. The second-order valence-electron chi connectivity index (χ2n) is 8.04. The van der Waals surface area contributed by atoms with Crippen LogP contribution in [0.2, 0.25) is 0 Å². The van der Waals surface area contributed by atoms with E-state index < -0.39 is 10.0 Å². The van der Waals surface area contributed by atoms with Crippen LogP contribution in [0.5, 0.6) is 5.75 Å². The molecular weight excluding hydrogens is 430 g/mol. The van der Waals surface area contributed by atoms with Crippen LogP contribution in [0.4, 0.5) is 5.13 Å². The second-order valence-corrected chi connectivity index (χ2v) is 10.6. The molecule has 0 radical (unpaired) electrons. The van der Waals surface area contributed by atoms with Crippen LogP contribution >= 0.6 is 11.3 Å². The third-order valence-corrected chi connectivity index (χ3v) is 8.28. The van der Waals surface area contributed by atoms with Gasteiger partial charge in [0.05, 0.1) is 11.5 Å². The maximum Gasteiger partial charge on any atom is 0.263 e. The molecule has 1 aromatic heterocycles. The largest absolute Gasteiger partial charge is 0.493 e. The van der Waals surface area contributed by atoms with Gasteiger partial charge in [0, 0.05) is 42.2 Å². The van der Waals surface area contributed by atoms with E-state index in [1.165, 1.54) is 23.3 Å². The van der Waals surface area contributed by atoms with Crippen molar-refractivity contribution >= 4 is 26.5 Å². The summed E-state index contributed by atoms with van der Waals surface area (Å²) in [7, 11) is -3.70. The Hall–Kier alpha value is -2.42. The topological polar surface area (TPSA) is 71.5 Å². The lowest BCUT2D eigenvalue weighted by Crippen LogP contribution is -2.39. The van der Waals surface area contributed by atoms with E-state index in [0.29, 0.717) is 23.4 Å². The zero-order valence-corrected chi connectivity index (χ0v) is 18.7. The van der Waals surface area contributed by atoms with E-state index >= 15 is 0 Å². The number of nitrogens with zero attached hydrogens (tertiary/aromatic N) is 2. The van der Waals surface area contributed by atoms with Gasteiger partial charge in [-0.25, -0.2) is 13.4 Å². The van der Waals surface area contributed by atoms with Crippen LogP contribution in [0.25, 0.3) is 0 Å². The summed E-state index contributed by atoms with van der Waals surface area (Å²) in [6, 6.07) is 16.2. The van der Waals surface area contributed by atoms with Crippen molar-refractivity contribution in [1.29, 1.82) is 0 Å². The molecule has 0 saturated carbocycles. The number of fused-ring (bicyclic) bond motifs is 1. The number of ether oxygens (including phenoxy) is 1. The molecule has 2 aromatic carbocycles.